The largest absolute Gasteiger partial charge is 0.482 e. The highest BCUT2D eigenvalue weighted by Gasteiger charge is 2.25. The third-order valence-corrected chi connectivity index (χ3v) is 1.37. The van der Waals surface area contributed by atoms with Gasteiger partial charge in [-0.05, 0) is 0 Å². The summed E-state index contributed by atoms with van der Waals surface area (Å²) in [5.74, 6) is -1.36. The normalized spacial score (nSPS) is 9.82. The van der Waals surface area contributed by atoms with Crippen LogP contribution in [0.1, 0.15) is 0 Å². The second-order valence-electron chi connectivity index (χ2n) is 1.90. The molecule has 0 spiro atoms. The molecule has 0 aliphatic heterocycles. The van der Waals surface area contributed by atoms with Gasteiger partial charge in [0.05, 0.1) is 0 Å². The first-order valence-electron chi connectivity index (χ1n) is 2.81. The fraction of sp³-hybridized carbons (Fsp3) is 0. The lowest BCUT2D eigenvalue weighted by atomic mass is 9.92. The molecular formula is C6H4BF2O2. The number of hydrogen-bond acceptors (Lipinski definition) is 2. The van der Waals surface area contributed by atoms with E-state index >= 15 is 0 Å². The van der Waals surface area contributed by atoms with Crippen molar-refractivity contribution in [3.8, 4) is 11.1 Å². The Labute approximate surface area is 62.4 Å². The molecule has 0 heterocycles. The van der Waals surface area contributed by atoms with Gasteiger partial charge >= 0.3 is 7.69 Å². The van der Waals surface area contributed by atoms with E-state index in [-0.39, 0.29) is 7.69 Å². The Morgan fingerprint density at radius 1 is 1.00 bits per heavy atom. The van der Waals surface area contributed by atoms with Crippen LogP contribution in [0.2, 0.25) is 0 Å². The van der Waals surface area contributed by atoms with Crippen LogP contribution in [0.15, 0.2) is 12.1 Å². The maximum atomic E-state index is 12.0. The van der Waals surface area contributed by atoms with Crippen molar-refractivity contribution in [3.05, 3.63) is 23.8 Å². The van der Waals surface area contributed by atoms with Gasteiger partial charge in [0.1, 0.15) is 0 Å². The van der Waals surface area contributed by atoms with Gasteiger partial charge in [0.15, 0.2) is 11.6 Å². The summed E-state index contributed by atoms with van der Waals surface area (Å²) in [5, 5.41) is 14.0. The fourth-order valence-electron chi connectivity index (χ4n) is 0.807. The lowest BCUT2D eigenvalue weighted by molar-refractivity contribution is 0.448. The fourth-order valence-corrected chi connectivity index (χ4v) is 0.807. The lowest BCUT2D eigenvalue weighted by Crippen LogP contribution is -2.03. The summed E-state index contributed by atoms with van der Waals surface area (Å²) in [6.07, 6.45) is 0. The summed E-state index contributed by atoms with van der Waals surface area (Å²) in [6, 6.07) is 3.13. The molecule has 2 rings (SSSR count). The summed E-state index contributed by atoms with van der Waals surface area (Å²) in [6.45, 7) is 0. The smallest absolute Gasteiger partial charge is 0.429 e. The van der Waals surface area contributed by atoms with Crippen LogP contribution >= 0.6 is 0 Å². The summed E-state index contributed by atoms with van der Waals surface area (Å²) < 4.78 is 24.0. The lowest BCUT2D eigenvalue weighted by Gasteiger charge is -2.16. The van der Waals surface area contributed by atoms with Crippen LogP contribution in [0, 0.1) is 11.6 Å². The van der Waals surface area contributed by atoms with Gasteiger partial charge < -0.3 is 10.0 Å². The van der Waals surface area contributed by atoms with Crippen molar-refractivity contribution in [1.29, 1.82) is 0 Å². The van der Waals surface area contributed by atoms with Gasteiger partial charge in [0, 0.05) is 11.1 Å². The van der Waals surface area contributed by atoms with E-state index in [0.29, 0.717) is 11.1 Å². The Hall–Kier alpha value is -0.935. The van der Waals surface area contributed by atoms with E-state index in [9.17, 15) is 8.78 Å². The zero-order chi connectivity index (χ0) is 8.43. The van der Waals surface area contributed by atoms with Gasteiger partial charge in [-0.1, -0.05) is 12.1 Å². The van der Waals surface area contributed by atoms with Crippen LogP contribution in [0.4, 0.5) is 8.78 Å². The van der Waals surface area contributed by atoms with E-state index in [2.05, 4.69) is 0 Å². The second-order valence-corrected chi connectivity index (χ2v) is 1.90. The topological polar surface area (TPSA) is 40.5 Å². The maximum Gasteiger partial charge on any atom is 0.482 e. The number of hydrogen-bond donors (Lipinski definition) is 2. The Balaban J connectivity index is 0.000000179. The molecular weight excluding hydrogens is 153 g/mol. The Morgan fingerprint density at radius 2 is 1.27 bits per heavy atom. The number of rotatable bonds is 0. The summed E-state index contributed by atoms with van der Waals surface area (Å²) in [7, 11) is 0. The second kappa shape index (κ2) is 2.98. The highest BCUT2D eigenvalue weighted by Crippen LogP contribution is 2.38. The highest BCUT2D eigenvalue weighted by atomic mass is 19.2. The molecule has 0 fully saturated rings. The molecule has 0 unspecified atom stereocenters. The molecule has 0 atom stereocenters. The van der Waals surface area contributed by atoms with E-state index in [0.717, 1.165) is 0 Å². The molecule has 2 aliphatic rings. The zero-order valence-corrected chi connectivity index (χ0v) is 5.38. The molecule has 0 aromatic carbocycles. The molecule has 0 bridgehead atoms. The van der Waals surface area contributed by atoms with Gasteiger partial charge in [-0.15, -0.1) is 0 Å². The molecule has 0 saturated heterocycles. The van der Waals surface area contributed by atoms with Crippen LogP contribution in [0.25, 0.3) is 11.1 Å². The number of fused-ring (bicyclic) bond motifs is 1. The van der Waals surface area contributed by atoms with Crippen LogP contribution < -0.4 is 0 Å². The van der Waals surface area contributed by atoms with Crippen LogP contribution in [-0.2, 0) is 0 Å². The first kappa shape index (κ1) is 8.16. The van der Waals surface area contributed by atoms with Gasteiger partial charge in [0.2, 0.25) is 0 Å². The Morgan fingerprint density at radius 3 is 1.36 bits per heavy atom. The van der Waals surface area contributed by atoms with Crippen molar-refractivity contribution in [3.63, 3.8) is 0 Å². The highest BCUT2D eigenvalue weighted by molar-refractivity contribution is 6.13. The predicted octanol–water partition coefficient (Wildman–Crippen LogP) is 0.450. The first-order valence-corrected chi connectivity index (χ1v) is 2.81. The van der Waals surface area contributed by atoms with E-state index in [4.69, 9.17) is 10.0 Å². The molecule has 0 aromatic rings. The zero-order valence-electron chi connectivity index (χ0n) is 5.38. The SMILES string of the molecule is Fc1c2ccc-2c1F.O[B]O. The third kappa shape index (κ3) is 1.12. The summed E-state index contributed by atoms with van der Waals surface area (Å²) in [5.41, 5.74) is 0.894. The molecule has 5 heteroatoms. The van der Waals surface area contributed by atoms with Crippen molar-refractivity contribution in [2.45, 2.75) is 0 Å². The van der Waals surface area contributed by atoms with Crippen molar-refractivity contribution in [1.82, 2.24) is 0 Å². The minimum Gasteiger partial charge on any atom is -0.429 e. The van der Waals surface area contributed by atoms with E-state index in [1.807, 2.05) is 0 Å². The van der Waals surface area contributed by atoms with E-state index in [1.54, 1.807) is 12.1 Å². The molecule has 2 nitrogen and oxygen atoms in total. The molecule has 0 amide bonds. The molecule has 2 aliphatic carbocycles. The van der Waals surface area contributed by atoms with Gasteiger partial charge in [-0.25, -0.2) is 8.78 Å². The van der Waals surface area contributed by atoms with Crippen LogP contribution in [0.3, 0.4) is 0 Å². The maximum absolute atomic E-state index is 12.0. The summed E-state index contributed by atoms with van der Waals surface area (Å²) >= 11 is 0. The first-order chi connectivity index (χ1) is 5.22. The molecule has 2 N–H and O–H groups in total. The monoisotopic (exact) mass is 157 g/mol. The number of halogens is 2. The average Bonchev–Trinajstić information content (AvgIpc) is 1.87. The quantitative estimate of drug-likeness (QED) is 0.545. The Bertz CT molecular complexity index is 251. The van der Waals surface area contributed by atoms with Crippen LogP contribution in [0.5, 0.6) is 0 Å². The molecule has 0 aromatic heterocycles. The van der Waals surface area contributed by atoms with Crippen molar-refractivity contribution in [2.75, 3.05) is 0 Å². The third-order valence-electron chi connectivity index (χ3n) is 1.37. The molecule has 0 saturated carbocycles. The van der Waals surface area contributed by atoms with Crippen molar-refractivity contribution < 1.29 is 18.8 Å². The molecule has 57 valence electrons. The minimum atomic E-state index is -0.678. The van der Waals surface area contributed by atoms with Crippen molar-refractivity contribution >= 4 is 7.69 Å². The van der Waals surface area contributed by atoms with Gasteiger partial charge in [-0.2, -0.15) is 0 Å². The number of benzene rings is 1. The van der Waals surface area contributed by atoms with E-state index < -0.39 is 11.6 Å². The van der Waals surface area contributed by atoms with Crippen LogP contribution in [-0.4, -0.2) is 17.7 Å². The summed E-state index contributed by atoms with van der Waals surface area (Å²) in [4.78, 5) is 0. The van der Waals surface area contributed by atoms with E-state index in [1.165, 1.54) is 0 Å². The van der Waals surface area contributed by atoms with Gasteiger partial charge in [0.25, 0.3) is 0 Å². The average molecular weight is 157 g/mol. The Kier molecular flexibility index (Phi) is 2.21. The van der Waals surface area contributed by atoms with Gasteiger partial charge in [-0.3, -0.25) is 0 Å². The molecule has 1 radical (unpaired) electrons. The minimum absolute atomic E-state index is 0. The van der Waals surface area contributed by atoms with Crippen molar-refractivity contribution in [2.24, 2.45) is 0 Å². The predicted molar refractivity (Wildman–Crippen MR) is 35.5 cm³/mol. The molecule has 11 heavy (non-hydrogen) atoms. The standard InChI is InChI=1S/C6H2F2.BH2O2/c7-5-3-1-2-4(3)6(5)8;2-1-3/h1-2H;2-3H.